The molecule has 0 aliphatic rings. The Hall–Kier alpha value is -1.44. The van der Waals surface area contributed by atoms with Gasteiger partial charge in [-0.2, -0.15) is 0 Å². The van der Waals surface area contributed by atoms with Gasteiger partial charge >= 0.3 is 0 Å². The highest BCUT2D eigenvalue weighted by atomic mass is 79.9. The lowest BCUT2D eigenvalue weighted by molar-refractivity contribution is 0.423. The highest BCUT2D eigenvalue weighted by molar-refractivity contribution is 9.10. The quantitative estimate of drug-likeness (QED) is 0.376. The van der Waals surface area contributed by atoms with Crippen LogP contribution in [0.5, 0.6) is 0 Å². The molecule has 0 amide bonds. The Morgan fingerprint density at radius 2 is 1.71 bits per heavy atom. The minimum Gasteiger partial charge on any atom is -0.271 e. The van der Waals surface area contributed by atoms with E-state index in [1.54, 1.807) is 6.07 Å². The third kappa shape index (κ3) is 3.42. The maximum atomic E-state index is 13.8. The molecule has 112 valence electrons. The van der Waals surface area contributed by atoms with Crippen molar-refractivity contribution in [1.29, 1.82) is 0 Å². The van der Waals surface area contributed by atoms with Crippen molar-refractivity contribution in [2.75, 3.05) is 0 Å². The Morgan fingerprint density at radius 1 is 1.00 bits per heavy atom. The van der Waals surface area contributed by atoms with E-state index in [1.807, 2.05) is 0 Å². The van der Waals surface area contributed by atoms with Gasteiger partial charge < -0.3 is 0 Å². The Morgan fingerprint density at radius 3 is 2.33 bits per heavy atom. The Bertz CT molecular complexity index is 664. The average Bonchev–Trinajstić information content (AvgIpc) is 2.45. The molecule has 1 unspecified atom stereocenters. The van der Waals surface area contributed by atoms with Crippen molar-refractivity contribution in [3.63, 3.8) is 0 Å². The molecule has 3 N–H and O–H groups in total. The second-order valence-corrected chi connectivity index (χ2v) is 5.34. The maximum Gasteiger partial charge on any atom is 0.194 e. The van der Waals surface area contributed by atoms with E-state index in [0.717, 1.165) is 12.1 Å². The lowest BCUT2D eigenvalue weighted by Gasteiger charge is -2.18. The molecule has 0 radical (unpaired) electrons. The van der Waals surface area contributed by atoms with Crippen LogP contribution in [-0.4, -0.2) is 0 Å². The number of rotatable bonds is 4. The van der Waals surface area contributed by atoms with E-state index < -0.39 is 29.3 Å². The van der Waals surface area contributed by atoms with E-state index in [9.17, 15) is 17.6 Å². The summed E-state index contributed by atoms with van der Waals surface area (Å²) < 4.78 is 54.3. The normalized spacial score (nSPS) is 12.5. The number of nitrogens with one attached hydrogen (secondary N) is 1. The van der Waals surface area contributed by atoms with Gasteiger partial charge in [-0.3, -0.25) is 11.3 Å². The van der Waals surface area contributed by atoms with E-state index in [1.165, 1.54) is 12.1 Å². The fraction of sp³-hybridized carbons (Fsp3) is 0.143. The van der Waals surface area contributed by atoms with Crippen molar-refractivity contribution in [2.45, 2.75) is 12.5 Å². The van der Waals surface area contributed by atoms with Crippen LogP contribution in [0.25, 0.3) is 0 Å². The highest BCUT2D eigenvalue weighted by Gasteiger charge is 2.21. The van der Waals surface area contributed by atoms with Crippen molar-refractivity contribution in [2.24, 2.45) is 5.84 Å². The van der Waals surface area contributed by atoms with Crippen LogP contribution in [0.3, 0.4) is 0 Å². The van der Waals surface area contributed by atoms with Gasteiger partial charge in [0.1, 0.15) is 5.82 Å². The predicted octanol–water partition coefficient (Wildman–Crippen LogP) is 3.75. The van der Waals surface area contributed by atoms with E-state index >= 15 is 0 Å². The number of hydrogen-bond donors (Lipinski definition) is 2. The molecule has 7 heteroatoms. The largest absolute Gasteiger partial charge is 0.271 e. The number of halogens is 5. The molecule has 0 spiro atoms. The van der Waals surface area contributed by atoms with Crippen molar-refractivity contribution < 1.29 is 17.6 Å². The van der Waals surface area contributed by atoms with Gasteiger partial charge in [0.25, 0.3) is 0 Å². The van der Waals surface area contributed by atoms with Gasteiger partial charge in [0.05, 0.1) is 6.04 Å². The molecule has 1 atom stereocenters. The fourth-order valence-electron chi connectivity index (χ4n) is 1.98. The zero-order valence-corrected chi connectivity index (χ0v) is 12.2. The molecule has 0 aromatic heterocycles. The van der Waals surface area contributed by atoms with Gasteiger partial charge in [-0.25, -0.2) is 17.6 Å². The summed E-state index contributed by atoms with van der Waals surface area (Å²) >= 11 is 3.12. The molecule has 0 aliphatic heterocycles. The molecule has 2 aromatic carbocycles. The lowest BCUT2D eigenvalue weighted by atomic mass is 9.98. The second-order valence-electron chi connectivity index (χ2n) is 4.42. The molecule has 0 aliphatic carbocycles. The molecule has 0 saturated heterocycles. The van der Waals surface area contributed by atoms with Crippen molar-refractivity contribution >= 4 is 15.9 Å². The molecule has 2 aromatic rings. The summed E-state index contributed by atoms with van der Waals surface area (Å²) in [4.78, 5) is 0. The zero-order valence-electron chi connectivity index (χ0n) is 10.6. The van der Waals surface area contributed by atoms with E-state index in [2.05, 4.69) is 21.4 Å². The Balaban J connectivity index is 2.34. The molecule has 0 saturated carbocycles. The first-order chi connectivity index (χ1) is 9.93. The first-order valence-corrected chi connectivity index (χ1v) is 6.76. The summed E-state index contributed by atoms with van der Waals surface area (Å²) in [5.41, 5.74) is 2.39. The minimum atomic E-state index is -1.58. The van der Waals surface area contributed by atoms with Crippen LogP contribution in [-0.2, 0) is 6.42 Å². The molecule has 0 fully saturated rings. The Kier molecular flexibility index (Phi) is 4.97. The van der Waals surface area contributed by atoms with Crippen molar-refractivity contribution in [3.05, 3.63) is 69.2 Å². The SMILES string of the molecule is NNC(Cc1ccc(Br)cc1F)c1ccc(F)c(F)c1F. The van der Waals surface area contributed by atoms with Crippen LogP contribution in [0.15, 0.2) is 34.8 Å². The van der Waals surface area contributed by atoms with Crippen LogP contribution in [0.4, 0.5) is 17.6 Å². The number of hydrazine groups is 1. The van der Waals surface area contributed by atoms with Gasteiger partial charge in [-0.05, 0) is 30.2 Å². The van der Waals surface area contributed by atoms with Gasteiger partial charge in [0.15, 0.2) is 17.5 Å². The summed E-state index contributed by atoms with van der Waals surface area (Å²) in [6.45, 7) is 0. The third-order valence-corrected chi connectivity index (χ3v) is 3.57. The molecular weight excluding hydrogens is 352 g/mol. The molecular formula is C14H11BrF4N2. The highest BCUT2D eigenvalue weighted by Crippen LogP contribution is 2.25. The minimum absolute atomic E-state index is 0.0163. The van der Waals surface area contributed by atoms with Gasteiger partial charge in [0.2, 0.25) is 0 Å². The molecule has 21 heavy (non-hydrogen) atoms. The van der Waals surface area contributed by atoms with Gasteiger partial charge in [-0.1, -0.05) is 28.1 Å². The lowest BCUT2D eigenvalue weighted by Crippen LogP contribution is -2.30. The zero-order chi connectivity index (χ0) is 15.6. The summed E-state index contributed by atoms with van der Waals surface area (Å²) in [6.07, 6.45) is -0.0163. The summed E-state index contributed by atoms with van der Waals surface area (Å²) in [5.74, 6) is 0.611. The fourth-order valence-corrected chi connectivity index (χ4v) is 2.31. The number of hydrogen-bond acceptors (Lipinski definition) is 2. The van der Waals surface area contributed by atoms with Gasteiger partial charge in [-0.15, -0.1) is 0 Å². The van der Waals surface area contributed by atoms with Crippen molar-refractivity contribution in [3.8, 4) is 0 Å². The topological polar surface area (TPSA) is 38.0 Å². The van der Waals surface area contributed by atoms with E-state index in [4.69, 9.17) is 5.84 Å². The standard InChI is InChI=1S/C14H11BrF4N2/c15-8-2-1-7(11(17)6-8)5-12(21-20)9-3-4-10(16)14(19)13(9)18/h1-4,6,12,21H,5,20H2. The predicted molar refractivity (Wildman–Crippen MR) is 74.2 cm³/mol. The average molecular weight is 363 g/mol. The Labute approximate surface area is 127 Å². The number of benzene rings is 2. The van der Waals surface area contributed by atoms with Crippen LogP contribution in [0, 0.1) is 23.3 Å². The van der Waals surface area contributed by atoms with Crippen LogP contribution in [0.1, 0.15) is 17.2 Å². The summed E-state index contributed by atoms with van der Waals surface area (Å²) in [5, 5.41) is 0. The van der Waals surface area contributed by atoms with E-state index in [0.29, 0.717) is 4.47 Å². The summed E-state index contributed by atoms with van der Waals surface area (Å²) in [7, 11) is 0. The van der Waals surface area contributed by atoms with Gasteiger partial charge in [0, 0.05) is 10.0 Å². The van der Waals surface area contributed by atoms with Crippen LogP contribution < -0.4 is 11.3 Å². The molecule has 2 nitrogen and oxygen atoms in total. The first kappa shape index (κ1) is 15.9. The third-order valence-electron chi connectivity index (χ3n) is 3.08. The monoisotopic (exact) mass is 362 g/mol. The van der Waals surface area contributed by atoms with Crippen LogP contribution >= 0.6 is 15.9 Å². The molecule has 0 bridgehead atoms. The molecule has 2 rings (SSSR count). The molecule has 0 heterocycles. The van der Waals surface area contributed by atoms with Crippen LogP contribution in [0.2, 0.25) is 0 Å². The summed E-state index contributed by atoms with van der Waals surface area (Å²) in [6, 6.07) is 5.36. The van der Waals surface area contributed by atoms with E-state index in [-0.39, 0.29) is 17.5 Å². The second kappa shape index (κ2) is 6.55. The maximum absolute atomic E-state index is 13.8. The smallest absolute Gasteiger partial charge is 0.194 e. The number of nitrogens with two attached hydrogens (primary N) is 1. The van der Waals surface area contributed by atoms with Crippen molar-refractivity contribution in [1.82, 2.24) is 5.43 Å². The first-order valence-electron chi connectivity index (χ1n) is 5.97.